The summed E-state index contributed by atoms with van der Waals surface area (Å²) in [6, 6.07) is 4.64. The zero-order valence-electron chi connectivity index (χ0n) is 19.3. The van der Waals surface area contributed by atoms with Gasteiger partial charge in [0, 0.05) is 32.7 Å². The summed E-state index contributed by atoms with van der Waals surface area (Å²) in [6.45, 7) is 3.73. The summed E-state index contributed by atoms with van der Waals surface area (Å²) < 4.78 is 39.6. The lowest BCUT2D eigenvalue weighted by molar-refractivity contribution is -0.135. The van der Waals surface area contributed by atoms with Crippen LogP contribution in [0.4, 0.5) is 0 Å². The number of allylic oxidation sites excluding steroid dienone is 2. The van der Waals surface area contributed by atoms with Crippen molar-refractivity contribution in [2.75, 3.05) is 40.5 Å². The van der Waals surface area contributed by atoms with Gasteiger partial charge in [0.2, 0.25) is 15.9 Å². The van der Waals surface area contributed by atoms with Gasteiger partial charge in [0.05, 0.1) is 13.2 Å². The number of carbonyl (C=O) groups is 1. The van der Waals surface area contributed by atoms with E-state index in [-0.39, 0.29) is 48.8 Å². The van der Waals surface area contributed by atoms with Crippen molar-refractivity contribution >= 4 is 21.5 Å². The first-order valence-corrected chi connectivity index (χ1v) is 12.5. The Kier molecular flexibility index (Phi) is 7.97. The Balaban J connectivity index is 2.04. The molecule has 178 valence electrons. The molecule has 0 spiro atoms. The quantitative estimate of drug-likeness (QED) is 0.661. The fraction of sp³-hybridized carbons (Fsp3) is 0.609. The van der Waals surface area contributed by atoms with Gasteiger partial charge in [-0.05, 0) is 49.5 Å². The van der Waals surface area contributed by atoms with E-state index < -0.39 is 22.2 Å². The fourth-order valence-electron chi connectivity index (χ4n) is 4.18. The number of hydrogen-bond donors (Lipinski definition) is 1. The van der Waals surface area contributed by atoms with E-state index in [4.69, 9.17) is 9.47 Å². The highest BCUT2D eigenvalue weighted by molar-refractivity contribution is 7.89. The smallest absolute Gasteiger partial charge is 0.248 e. The molecule has 0 saturated heterocycles. The maximum atomic E-state index is 13.5. The van der Waals surface area contributed by atoms with E-state index in [1.807, 2.05) is 13.0 Å². The molecule has 0 bridgehead atoms. The van der Waals surface area contributed by atoms with Crippen molar-refractivity contribution in [2.45, 2.75) is 50.2 Å². The topological polar surface area (TPSA) is 96.4 Å². The van der Waals surface area contributed by atoms with Gasteiger partial charge >= 0.3 is 0 Å². The molecule has 0 radical (unpaired) electrons. The van der Waals surface area contributed by atoms with Crippen LogP contribution in [0.2, 0.25) is 0 Å². The molecule has 0 saturated carbocycles. The molecule has 1 N–H and O–H groups in total. The van der Waals surface area contributed by atoms with E-state index >= 15 is 0 Å². The molecular weight excluding hydrogens is 432 g/mol. The molecule has 0 aromatic heterocycles. The van der Waals surface area contributed by atoms with Crippen molar-refractivity contribution < 1.29 is 27.8 Å². The number of rotatable bonds is 7. The molecule has 1 aliphatic heterocycles. The number of amides is 1. The Morgan fingerprint density at radius 3 is 2.78 bits per heavy atom. The molecule has 3 atom stereocenters. The van der Waals surface area contributed by atoms with Crippen LogP contribution in [0.5, 0.6) is 5.75 Å². The minimum Gasteiger partial charge on any atom is -0.487 e. The van der Waals surface area contributed by atoms with Crippen LogP contribution in [0.1, 0.15) is 38.7 Å². The molecule has 0 fully saturated rings. The zero-order chi connectivity index (χ0) is 23.5. The summed E-state index contributed by atoms with van der Waals surface area (Å²) in [5, 5.41) is 9.73. The summed E-state index contributed by atoms with van der Waals surface area (Å²) in [5.41, 5.74) is 2.14. The van der Waals surface area contributed by atoms with Crippen LogP contribution >= 0.6 is 0 Å². The molecular formula is C23H34N2O6S. The van der Waals surface area contributed by atoms with Crippen molar-refractivity contribution in [3.8, 4) is 5.75 Å². The van der Waals surface area contributed by atoms with Gasteiger partial charge in [-0.1, -0.05) is 19.1 Å². The predicted octanol–water partition coefficient (Wildman–Crippen LogP) is 2.13. The number of benzene rings is 1. The monoisotopic (exact) mass is 466 g/mol. The van der Waals surface area contributed by atoms with E-state index in [0.717, 1.165) is 24.8 Å². The van der Waals surface area contributed by atoms with Gasteiger partial charge in [-0.15, -0.1) is 0 Å². The molecule has 3 rings (SSSR count). The van der Waals surface area contributed by atoms with E-state index in [2.05, 4.69) is 6.08 Å². The van der Waals surface area contributed by atoms with Gasteiger partial charge in [0.25, 0.3) is 0 Å². The van der Waals surface area contributed by atoms with Gasteiger partial charge in [0.1, 0.15) is 23.4 Å². The summed E-state index contributed by atoms with van der Waals surface area (Å²) in [5.74, 6) is -0.114. The van der Waals surface area contributed by atoms with Crippen LogP contribution in [-0.2, 0) is 19.6 Å². The normalized spacial score (nSPS) is 24.0. The molecule has 2 aliphatic rings. The average Bonchev–Trinajstić information content (AvgIpc) is 3.30. The highest BCUT2D eigenvalue weighted by atomic mass is 32.2. The first-order chi connectivity index (χ1) is 15.2. The fourth-order valence-corrected chi connectivity index (χ4v) is 6.01. The number of sulfonamides is 1. The summed E-state index contributed by atoms with van der Waals surface area (Å²) in [4.78, 5) is 13.9. The number of carbonyl (C=O) groups excluding carboxylic acids is 1. The van der Waals surface area contributed by atoms with Crippen LogP contribution in [0, 0.1) is 5.92 Å². The third kappa shape index (κ3) is 5.17. The van der Waals surface area contributed by atoms with Crippen LogP contribution in [0.3, 0.4) is 0 Å². The molecule has 8 nitrogen and oxygen atoms in total. The number of likely N-dealkylation sites (N-methyl/N-ethyl adjacent to an activating group) is 1. The van der Waals surface area contributed by atoms with Crippen molar-refractivity contribution in [1.82, 2.24) is 9.21 Å². The SMILES string of the molecule is COCC(=O)N(C)C[C@H]1Oc2cc(C3=CCCC3)ccc2S(=O)(=O)N([C@H](C)CO)C[C@@H]1C. The molecule has 9 heteroatoms. The van der Waals surface area contributed by atoms with Gasteiger partial charge < -0.3 is 19.5 Å². The Morgan fingerprint density at radius 1 is 1.41 bits per heavy atom. The molecule has 1 heterocycles. The molecule has 1 aromatic carbocycles. The number of fused-ring (bicyclic) bond motifs is 1. The Labute approximate surface area is 190 Å². The highest BCUT2D eigenvalue weighted by Crippen LogP contribution is 2.37. The third-order valence-corrected chi connectivity index (χ3v) is 8.25. The van der Waals surface area contributed by atoms with Crippen molar-refractivity contribution in [2.24, 2.45) is 5.92 Å². The second-order valence-corrected chi connectivity index (χ2v) is 10.6. The molecule has 1 aromatic rings. The molecule has 1 amide bonds. The number of methoxy groups -OCH3 is 1. The van der Waals surface area contributed by atoms with Crippen molar-refractivity contribution in [1.29, 1.82) is 0 Å². The van der Waals surface area contributed by atoms with Gasteiger partial charge in [-0.25, -0.2) is 8.42 Å². The van der Waals surface area contributed by atoms with Gasteiger partial charge in [-0.2, -0.15) is 4.31 Å². The lowest BCUT2D eigenvalue weighted by atomic mass is 10.0. The number of aliphatic hydroxyl groups excluding tert-OH is 1. The number of ether oxygens (including phenoxy) is 2. The second kappa shape index (κ2) is 10.3. The first-order valence-electron chi connectivity index (χ1n) is 11.0. The van der Waals surface area contributed by atoms with E-state index in [1.165, 1.54) is 17.0 Å². The minimum absolute atomic E-state index is 0.0332. The zero-order valence-corrected chi connectivity index (χ0v) is 20.1. The highest BCUT2D eigenvalue weighted by Gasteiger charge is 2.38. The maximum Gasteiger partial charge on any atom is 0.248 e. The van der Waals surface area contributed by atoms with Crippen LogP contribution < -0.4 is 4.74 Å². The third-order valence-electron chi connectivity index (χ3n) is 6.23. The molecule has 0 unspecified atom stereocenters. The number of aliphatic hydroxyl groups is 1. The summed E-state index contributed by atoms with van der Waals surface area (Å²) >= 11 is 0. The standard InChI is InChI=1S/C23H34N2O6S/c1-16-12-25(17(2)14-26)32(28,29)22-10-9-19(18-7-5-6-8-18)11-20(22)31-21(16)13-24(3)23(27)15-30-4/h7,9-11,16-17,21,26H,5-6,8,12-15H2,1-4H3/t16-,17+,21+/m0/s1. The largest absolute Gasteiger partial charge is 0.487 e. The lowest BCUT2D eigenvalue weighted by Crippen LogP contribution is -2.50. The van der Waals surface area contributed by atoms with Gasteiger partial charge in [0.15, 0.2) is 0 Å². The Morgan fingerprint density at radius 2 is 2.16 bits per heavy atom. The van der Waals surface area contributed by atoms with Crippen LogP contribution in [-0.4, -0.2) is 81.2 Å². The Hall–Kier alpha value is -1.94. The molecule has 1 aliphatic carbocycles. The molecule has 32 heavy (non-hydrogen) atoms. The van der Waals surface area contributed by atoms with Crippen molar-refractivity contribution in [3.05, 3.63) is 29.8 Å². The second-order valence-electron chi connectivity index (χ2n) is 8.73. The predicted molar refractivity (Wildman–Crippen MR) is 122 cm³/mol. The van der Waals surface area contributed by atoms with Crippen molar-refractivity contribution in [3.63, 3.8) is 0 Å². The average molecular weight is 467 g/mol. The number of nitrogens with zero attached hydrogens (tertiary/aromatic N) is 2. The first kappa shape index (κ1) is 24.7. The van der Waals surface area contributed by atoms with Crippen LogP contribution in [0.15, 0.2) is 29.2 Å². The minimum atomic E-state index is -3.88. The summed E-state index contributed by atoms with van der Waals surface area (Å²) in [7, 11) is -0.726. The van der Waals surface area contributed by atoms with Gasteiger partial charge in [-0.3, -0.25) is 4.79 Å². The number of hydrogen-bond acceptors (Lipinski definition) is 6. The maximum absolute atomic E-state index is 13.5. The van der Waals surface area contributed by atoms with E-state index in [1.54, 1.807) is 31.0 Å². The lowest BCUT2D eigenvalue weighted by Gasteiger charge is -2.37. The summed E-state index contributed by atoms with van der Waals surface area (Å²) in [6.07, 6.45) is 4.79. The van der Waals surface area contributed by atoms with Crippen LogP contribution in [0.25, 0.3) is 5.57 Å². The van der Waals surface area contributed by atoms with E-state index in [9.17, 15) is 18.3 Å². The Bertz CT molecular complexity index is 961. The van der Waals surface area contributed by atoms with E-state index in [0.29, 0.717) is 0 Å².